The van der Waals surface area contributed by atoms with E-state index in [4.69, 9.17) is 23.8 Å². The molecule has 50 heavy (non-hydrogen) atoms. The second kappa shape index (κ2) is 11.4. The molecule has 0 aliphatic rings. The molecule has 0 saturated carbocycles. The predicted molar refractivity (Wildman–Crippen MR) is 202 cm³/mol. The van der Waals surface area contributed by atoms with Crippen molar-refractivity contribution in [1.82, 2.24) is 15.0 Å². The van der Waals surface area contributed by atoms with Crippen molar-refractivity contribution in [3.63, 3.8) is 0 Å². The number of para-hydroxylation sites is 2. The second-order valence-corrected chi connectivity index (χ2v) is 12.4. The molecule has 0 atom stereocenters. The first-order valence-corrected chi connectivity index (χ1v) is 16.6. The van der Waals surface area contributed by atoms with Crippen LogP contribution in [0.3, 0.4) is 0 Å². The Kier molecular flexibility index (Phi) is 6.42. The van der Waals surface area contributed by atoms with Crippen molar-refractivity contribution < 1.29 is 8.83 Å². The van der Waals surface area contributed by atoms with Gasteiger partial charge in [-0.15, -0.1) is 0 Å². The predicted octanol–water partition coefficient (Wildman–Crippen LogP) is 12.0. The molecule has 0 bridgehead atoms. The van der Waals surface area contributed by atoms with Crippen LogP contribution in [0, 0.1) is 0 Å². The molecule has 0 unspecified atom stereocenters. The van der Waals surface area contributed by atoms with Crippen LogP contribution >= 0.6 is 0 Å². The van der Waals surface area contributed by atoms with Crippen LogP contribution in [0.5, 0.6) is 0 Å². The minimum atomic E-state index is 0.558. The second-order valence-electron chi connectivity index (χ2n) is 12.4. The van der Waals surface area contributed by atoms with Gasteiger partial charge in [0.15, 0.2) is 17.5 Å². The molecule has 7 aromatic carbocycles. The minimum absolute atomic E-state index is 0.558. The Hall–Kier alpha value is -6.85. The van der Waals surface area contributed by atoms with Gasteiger partial charge in [-0.2, -0.15) is 0 Å². The number of furan rings is 2. The van der Waals surface area contributed by atoms with E-state index >= 15 is 0 Å². The molecule has 3 aromatic heterocycles. The van der Waals surface area contributed by atoms with Gasteiger partial charge in [-0.3, -0.25) is 0 Å². The summed E-state index contributed by atoms with van der Waals surface area (Å²) in [5, 5.41) is 4.19. The number of fused-ring (bicyclic) bond motifs is 6. The van der Waals surface area contributed by atoms with Crippen molar-refractivity contribution in [2.24, 2.45) is 0 Å². The van der Waals surface area contributed by atoms with E-state index in [2.05, 4.69) is 72.8 Å². The van der Waals surface area contributed by atoms with Gasteiger partial charge in [0.2, 0.25) is 0 Å². The summed E-state index contributed by atoms with van der Waals surface area (Å²) >= 11 is 0. The maximum atomic E-state index is 6.62. The molecule has 5 heteroatoms. The lowest BCUT2D eigenvalue weighted by atomic mass is 9.95. The highest BCUT2D eigenvalue weighted by Crippen LogP contribution is 2.42. The average Bonchev–Trinajstić information content (AvgIpc) is 3.76. The molecule has 0 radical (unpaired) electrons. The maximum Gasteiger partial charge on any atom is 0.167 e. The highest BCUT2D eigenvalue weighted by Gasteiger charge is 2.20. The molecule has 10 aromatic rings. The Bertz CT molecular complexity index is 2800. The van der Waals surface area contributed by atoms with E-state index in [0.717, 1.165) is 82.8 Å². The quantitative estimate of drug-likeness (QED) is 0.187. The molecule has 234 valence electrons. The van der Waals surface area contributed by atoms with E-state index in [0.29, 0.717) is 17.5 Å². The molecule has 0 spiro atoms. The fourth-order valence-corrected chi connectivity index (χ4v) is 6.91. The Morgan fingerprint density at radius 3 is 1.54 bits per heavy atom. The van der Waals surface area contributed by atoms with Crippen LogP contribution in [0.4, 0.5) is 0 Å². The fraction of sp³-hybridized carbons (Fsp3) is 0. The molecule has 0 amide bonds. The summed E-state index contributed by atoms with van der Waals surface area (Å²) in [5.74, 6) is 1.78. The smallest absolute Gasteiger partial charge is 0.167 e. The lowest BCUT2D eigenvalue weighted by Gasteiger charge is -2.09. The van der Waals surface area contributed by atoms with Crippen molar-refractivity contribution in [1.29, 1.82) is 0 Å². The standard InChI is InChI=1S/C45H27N3O2/c1-4-13-28(14-5-1)32-26-36(42-38(27-32)33-19-10-11-22-39(33)49-42)31-23-24-40-37(25-31)34-20-12-21-35(41(34)50-40)45-47-43(29-15-6-2-7-16-29)46-44(48-45)30-17-8-3-9-18-30/h1-27H. The van der Waals surface area contributed by atoms with Gasteiger partial charge >= 0.3 is 0 Å². The van der Waals surface area contributed by atoms with E-state index in [1.54, 1.807) is 0 Å². The van der Waals surface area contributed by atoms with Gasteiger partial charge in [0.1, 0.15) is 22.3 Å². The van der Waals surface area contributed by atoms with Gasteiger partial charge in [-0.25, -0.2) is 15.0 Å². The van der Waals surface area contributed by atoms with Crippen LogP contribution < -0.4 is 0 Å². The average molecular weight is 642 g/mol. The number of hydrogen-bond acceptors (Lipinski definition) is 5. The van der Waals surface area contributed by atoms with Crippen LogP contribution in [-0.2, 0) is 0 Å². The van der Waals surface area contributed by atoms with E-state index in [9.17, 15) is 0 Å². The highest BCUT2D eigenvalue weighted by molar-refractivity contribution is 6.14. The van der Waals surface area contributed by atoms with Gasteiger partial charge < -0.3 is 8.83 Å². The molecule has 0 saturated heterocycles. The molecule has 5 nitrogen and oxygen atoms in total. The summed E-state index contributed by atoms with van der Waals surface area (Å²) in [6, 6.07) is 55.8. The first-order valence-electron chi connectivity index (χ1n) is 16.6. The zero-order chi connectivity index (χ0) is 33.0. The molecule has 0 fully saturated rings. The summed E-state index contributed by atoms with van der Waals surface area (Å²) < 4.78 is 13.2. The largest absolute Gasteiger partial charge is 0.455 e. The molecular formula is C45H27N3O2. The lowest BCUT2D eigenvalue weighted by Crippen LogP contribution is -2.00. The van der Waals surface area contributed by atoms with Crippen LogP contribution in [0.1, 0.15) is 0 Å². The van der Waals surface area contributed by atoms with Gasteiger partial charge in [0, 0.05) is 38.2 Å². The van der Waals surface area contributed by atoms with E-state index in [1.807, 2.05) is 91.0 Å². The van der Waals surface area contributed by atoms with Crippen molar-refractivity contribution >= 4 is 43.9 Å². The topological polar surface area (TPSA) is 65.0 Å². The van der Waals surface area contributed by atoms with E-state index < -0.39 is 0 Å². The normalized spacial score (nSPS) is 11.6. The fourth-order valence-electron chi connectivity index (χ4n) is 6.91. The monoisotopic (exact) mass is 641 g/mol. The first kappa shape index (κ1) is 28.2. The third-order valence-corrected chi connectivity index (χ3v) is 9.33. The lowest BCUT2D eigenvalue weighted by molar-refractivity contribution is 0.668. The minimum Gasteiger partial charge on any atom is -0.455 e. The summed E-state index contributed by atoms with van der Waals surface area (Å²) in [6.07, 6.45) is 0. The summed E-state index contributed by atoms with van der Waals surface area (Å²) in [7, 11) is 0. The molecule has 0 aliphatic heterocycles. The summed E-state index contributed by atoms with van der Waals surface area (Å²) in [6.45, 7) is 0. The number of benzene rings is 7. The number of hydrogen-bond donors (Lipinski definition) is 0. The van der Waals surface area contributed by atoms with Gasteiger partial charge in [-0.05, 0) is 53.1 Å². The van der Waals surface area contributed by atoms with Crippen LogP contribution in [-0.4, -0.2) is 15.0 Å². The number of nitrogens with zero attached hydrogens (tertiary/aromatic N) is 3. The Labute approximate surface area is 287 Å². The van der Waals surface area contributed by atoms with Gasteiger partial charge in [-0.1, -0.05) is 127 Å². The zero-order valence-electron chi connectivity index (χ0n) is 26.7. The molecule has 0 aliphatic carbocycles. The summed E-state index contributed by atoms with van der Waals surface area (Å²) in [5.41, 5.74) is 10.3. The van der Waals surface area contributed by atoms with Crippen molar-refractivity contribution in [3.8, 4) is 56.4 Å². The molecule has 3 heterocycles. The van der Waals surface area contributed by atoms with Gasteiger partial charge in [0.25, 0.3) is 0 Å². The highest BCUT2D eigenvalue weighted by atomic mass is 16.3. The first-order chi connectivity index (χ1) is 24.8. The van der Waals surface area contributed by atoms with Crippen molar-refractivity contribution in [3.05, 3.63) is 164 Å². The molecule has 10 rings (SSSR count). The Morgan fingerprint density at radius 1 is 0.300 bits per heavy atom. The van der Waals surface area contributed by atoms with Crippen LogP contribution in [0.15, 0.2) is 173 Å². The van der Waals surface area contributed by atoms with E-state index in [-0.39, 0.29) is 0 Å². The molecule has 0 N–H and O–H groups in total. The zero-order valence-corrected chi connectivity index (χ0v) is 26.7. The van der Waals surface area contributed by atoms with Crippen LogP contribution in [0.2, 0.25) is 0 Å². The SMILES string of the molecule is c1ccc(-c2cc(-c3ccc4oc5c(-c6nc(-c7ccccc7)nc(-c7ccccc7)n6)cccc5c4c3)c3oc4ccccc4c3c2)cc1. The maximum absolute atomic E-state index is 6.62. The summed E-state index contributed by atoms with van der Waals surface area (Å²) in [4.78, 5) is 14.8. The molecular weight excluding hydrogens is 615 g/mol. The number of aromatic nitrogens is 3. The van der Waals surface area contributed by atoms with E-state index in [1.165, 1.54) is 0 Å². The third kappa shape index (κ3) is 4.67. The van der Waals surface area contributed by atoms with Gasteiger partial charge in [0.05, 0.1) is 5.56 Å². The van der Waals surface area contributed by atoms with Crippen molar-refractivity contribution in [2.45, 2.75) is 0 Å². The third-order valence-electron chi connectivity index (χ3n) is 9.33. The van der Waals surface area contributed by atoms with Crippen LogP contribution in [0.25, 0.3) is 100 Å². The Balaban J connectivity index is 1.17. The Morgan fingerprint density at radius 2 is 0.840 bits per heavy atom. The van der Waals surface area contributed by atoms with Crippen molar-refractivity contribution in [2.75, 3.05) is 0 Å². The number of rotatable bonds is 5.